The van der Waals surface area contributed by atoms with E-state index >= 15 is 0 Å². The summed E-state index contributed by atoms with van der Waals surface area (Å²) in [6.45, 7) is 6.97. The van der Waals surface area contributed by atoms with Gasteiger partial charge in [0.25, 0.3) is 0 Å². The predicted octanol–water partition coefficient (Wildman–Crippen LogP) is 1.56. The lowest BCUT2D eigenvalue weighted by Crippen LogP contribution is -2.52. The van der Waals surface area contributed by atoms with Gasteiger partial charge in [-0.15, -0.1) is 6.58 Å². The van der Waals surface area contributed by atoms with Crippen LogP contribution in [0, 0.1) is 17.3 Å². The van der Waals surface area contributed by atoms with Crippen LogP contribution in [-0.4, -0.2) is 36.2 Å². The zero-order valence-corrected chi connectivity index (χ0v) is 12.2. The van der Waals surface area contributed by atoms with Crippen molar-refractivity contribution in [3.63, 3.8) is 0 Å². The summed E-state index contributed by atoms with van der Waals surface area (Å²) in [6.07, 6.45) is 4.35. The molecule has 0 heterocycles. The van der Waals surface area contributed by atoms with Crippen molar-refractivity contribution in [1.29, 1.82) is 0 Å². The van der Waals surface area contributed by atoms with E-state index in [0.29, 0.717) is 0 Å². The van der Waals surface area contributed by atoms with Crippen molar-refractivity contribution >= 4 is 17.9 Å². The molecule has 1 rings (SSSR count). The molecule has 0 saturated carbocycles. The van der Waals surface area contributed by atoms with Crippen LogP contribution in [0.2, 0.25) is 0 Å². The molecule has 6 heteroatoms. The number of hydrogen-bond acceptors (Lipinski definition) is 5. The lowest BCUT2D eigenvalue weighted by molar-refractivity contribution is -0.178. The molecule has 0 radical (unpaired) electrons. The van der Waals surface area contributed by atoms with Crippen molar-refractivity contribution in [3.8, 4) is 0 Å². The van der Waals surface area contributed by atoms with Crippen molar-refractivity contribution in [2.45, 2.75) is 20.3 Å². The summed E-state index contributed by atoms with van der Waals surface area (Å²) in [5.41, 5.74) is -1.69. The molecule has 1 aliphatic rings. The number of carbonyl (C=O) groups excluding carboxylic acids is 2. The van der Waals surface area contributed by atoms with Gasteiger partial charge in [0, 0.05) is 5.92 Å². The van der Waals surface area contributed by atoms with Crippen molar-refractivity contribution in [2.75, 3.05) is 13.2 Å². The minimum absolute atomic E-state index is 0.0382. The number of carboxylic acids is 1. The summed E-state index contributed by atoms with van der Waals surface area (Å²) in [5.74, 6) is -4.36. The maximum Gasteiger partial charge on any atom is 0.324 e. The summed E-state index contributed by atoms with van der Waals surface area (Å²) in [7, 11) is 0. The van der Waals surface area contributed by atoms with E-state index in [1.54, 1.807) is 13.8 Å². The van der Waals surface area contributed by atoms with Crippen molar-refractivity contribution < 1.29 is 29.0 Å². The number of carbonyl (C=O) groups is 3. The SMILES string of the molecule is C=CCC(C(=O)OCC)(C(=O)OCC)[C@H]1C=C[C@H]1C(=O)O. The second-order valence-electron chi connectivity index (χ2n) is 4.68. The largest absolute Gasteiger partial charge is 0.481 e. The van der Waals surface area contributed by atoms with E-state index < -0.39 is 35.2 Å². The normalized spacial score (nSPS) is 20.3. The number of hydrogen-bond donors (Lipinski definition) is 1. The number of ether oxygens (including phenoxy) is 2. The van der Waals surface area contributed by atoms with Crippen LogP contribution < -0.4 is 0 Å². The molecule has 0 aliphatic heterocycles. The van der Waals surface area contributed by atoms with Gasteiger partial charge in [-0.2, -0.15) is 0 Å². The molecule has 6 nitrogen and oxygen atoms in total. The summed E-state index contributed by atoms with van der Waals surface area (Å²) in [5, 5.41) is 9.18. The van der Waals surface area contributed by atoms with Crippen LogP contribution in [0.25, 0.3) is 0 Å². The summed E-state index contributed by atoms with van der Waals surface area (Å²) >= 11 is 0. The highest BCUT2D eigenvalue weighted by molar-refractivity contribution is 6.02. The monoisotopic (exact) mass is 296 g/mol. The van der Waals surface area contributed by atoms with E-state index in [0.717, 1.165) is 0 Å². The zero-order valence-electron chi connectivity index (χ0n) is 12.2. The van der Waals surface area contributed by atoms with Crippen LogP contribution in [0.5, 0.6) is 0 Å². The molecule has 0 bridgehead atoms. The van der Waals surface area contributed by atoms with Crippen molar-refractivity contribution in [3.05, 3.63) is 24.8 Å². The highest BCUT2D eigenvalue weighted by atomic mass is 16.6. The molecule has 0 aromatic rings. The summed E-state index contributed by atoms with van der Waals surface area (Å²) < 4.78 is 10.00. The van der Waals surface area contributed by atoms with Gasteiger partial charge < -0.3 is 14.6 Å². The van der Waals surface area contributed by atoms with Gasteiger partial charge >= 0.3 is 17.9 Å². The van der Waals surface area contributed by atoms with Crippen LogP contribution in [0.4, 0.5) is 0 Å². The van der Waals surface area contributed by atoms with Gasteiger partial charge in [-0.25, -0.2) is 0 Å². The molecule has 0 spiro atoms. The Morgan fingerprint density at radius 2 is 1.71 bits per heavy atom. The van der Waals surface area contributed by atoms with Gasteiger partial charge in [0.2, 0.25) is 0 Å². The Hall–Kier alpha value is -2.11. The third-order valence-electron chi connectivity index (χ3n) is 3.51. The van der Waals surface area contributed by atoms with E-state index in [9.17, 15) is 19.5 Å². The van der Waals surface area contributed by atoms with E-state index in [1.807, 2.05) is 0 Å². The molecule has 1 aliphatic carbocycles. The summed E-state index contributed by atoms with van der Waals surface area (Å²) in [4.78, 5) is 36.0. The minimum Gasteiger partial charge on any atom is -0.481 e. The van der Waals surface area contributed by atoms with Crippen molar-refractivity contribution in [2.24, 2.45) is 17.3 Å². The molecule has 0 amide bonds. The summed E-state index contributed by atoms with van der Waals surface area (Å²) in [6, 6.07) is 0. The van der Waals surface area contributed by atoms with E-state index in [2.05, 4.69) is 6.58 Å². The Morgan fingerprint density at radius 3 is 2.00 bits per heavy atom. The fraction of sp³-hybridized carbons (Fsp3) is 0.533. The number of carboxylic acid groups (broad SMARTS) is 1. The maximum absolute atomic E-state index is 12.4. The first-order valence-electron chi connectivity index (χ1n) is 6.82. The average molecular weight is 296 g/mol. The second kappa shape index (κ2) is 7.06. The van der Waals surface area contributed by atoms with E-state index in [1.165, 1.54) is 18.2 Å². The second-order valence-corrected chi connectivity index (χ2v) is 4.68. The Bertz CT molecular complexity index is 447. The third kappa shape index (κ3) is 2.99. The molecular formula is C15H20O6. The number of esters is 2. The zero-order chi connectivity index (χ0) is 16.0. The van der Waals surface area contributed by atoms with E-state index in [4.69, 9.17) is 9.47 Å². The highest BCUT2D eigenvalue weighted by Crippen LogP contribution is 2.46. The van der Waals surface area contributed by atoms with Gasteiger partial charge in [-0.05, 0) is 20.3 Å². The third-order valence-corrected chi connectivity index (χ3v) is 3.51. The smallest absolute Gasteiger partial charge is 0.324 e. The van der Waals surface area contributed by atoms with Crippen LogP contribution in [0.3, 0.4) is 0 Å². The van der Waals surface area contributed by atoms with Gasteiger partial charge in [0.1, 0.15) is 0 Å². The van der Waals surface area contributed by atoms with Crippen molar-refractivity contribution in [1.82, 2.24) is 0 Å². The predicted molar refractivity (Wildman–Crippen MR) is 74.3 cm³/mol. The quantitative estimate of drug-likeness (QED) is 0.415. The van der Waals surface area contributed by atoms with Crippen LogP contribution >= 0.6 is 0 Å². The minimum atomic E-state index is -1.69. The molecule has 21 heavy (non-hydrogen) atoms. The fourth-order valence-corrected chi connectivity index (χ4v) is 2.45. The topological polar surface area (TPSA) is 89.9 Å². The number of aliphatic carboxylic acids is 1. The van der Waals surface area contributed by atoms with Gasteiger partial charge in [-0.3, -0.25) is 14.4 Å². The Balaban J connectivity index is 3.27. The van der Waals surface area contributed by atoms with Crippen LogP contribution in [-0.2, 0) is 23.9 Å². The number of allylic oxidation sites excluding steroid dienone is 2. The fourth-order valence-electron chi connectivity index (χ4n) is 2.45. The molecule has 0 aromatic carbocycles. The Morgan fingerprint density at radius 1 is 1.19 bits per heavy atom. The Kier molecular flexibility index (Phi) is 5.69. The van der Waals surface area contributed by atoms with Gasteiger partial charge in [0.15, 0.2) is 5.41 Å². The first-order chi connectivity index (χ1) is 9.95. The lowest BCUT2D eigenvalue weighted by atomic mass is 9.62. The molecule has 1 N–H and O–H groups in total. The first kappa shape index (κ1) is 16.9. The molecule has 0 saturated heterocycles. The standard InChI is InChI=1S/C15H20O6/c1-4-9-15(13(18)20-5-2,14(19)21-6-3)11-8-7-10(11)12(16)17/h4,7-8,10-11H,1,5-6,9H2,2-3H3,(H,16,17)/t10-,11+/m1/s1. The Labute approximate surface area is 123 Å². The molecule has 116 valence electrons. The van der Waals surface area contributed by atoms with Crippen LogP contribution in [0.15, 0.2) is 24.8 Å². The molecule has 0 unspecified atom stereocenters. The first-order valence-corrected chi connectivity index (χ1v) is 6.82. The number of rotatable bonds is 8. The van der Waals surface area contributed by atoms with E-state index in [-0.39, 0.29) is 19.6 Å². The van der Waals surface area contributed by atoms with Crippen LogP contribution in [0.1, 0.15) is 20.3 Å². The molecule has 2 atom stereocenters. The van der Waals surface area contributed by atoms with Gasteiger partial charge in [0.05, 0.1) is 19.1 Å². The molecule has 0 aromatic heterocycles. The molecular weight excluding hydrogens is 276 g/mol. The highest BCUT2D eigenvalue weighted by Gasteiger charge is 2.58. The van der Waals surface area contributed by atoms with Gasteiger partial charge in [-0.1, -0.05) is 18.2 Å². The maximum atomic E-state index is 12.4. The average Bonchev–Trinajstić information content (AvgIpc) is 2.36. The molecule has 0 fully saturated rings. The lowest BCUT2D eigenvalue weighted by Gasteiger charge is -2.40.